The summed E-state index contributed by atoms with van der Waals surface area (Å²) in [5, 5.41) is 0. The standard InChI is InChI=1S/C14H21F2N/c1-3-5-8-14(17,4-2)10-11-6-7-12(15)9-13(11)16/h6-7,9H,3-5,8,10,17H2,1-2H3. The summed E-state index contributed by atoms with van der Waals surface area (Å²) in [7, 11) is 0. The highest BCUT2D eigenvalue weighted by atomic mass is 19.1. The first-order chi connectivity index (χ1) is 8.00. The van der Waals surface area contributed by atoms with Gasteiger partial charge in [0.1, 0.15) is 11.6 Å². The van der Waals surface area contributed by atoms with Crippen molar-refractivity contribution in [2.24, 2.45) is 5.73 Å². The summed E-state index contributed by atoms with van der Waals surface area (Å²) in [6.45, 7) is 4.12. The summed E-state index contributed by atoms with van der Waals surface area (Å²) in [6, 6.07) is 3.70. The minimum absolute atomic E-state index is 0.380. The van der Waals surface area contributed by atoms with Crippen molar-refractivity contribution in [1.82, 2.24) is 0 Å². The van der Waals surface area contributed by atoms with Crippen LogP contribution >= 0.6 is 0 Å². The van der Waals surface area contributed by atoms with Crippen molar-refractivity contribution in [2.45, 2.75) is 51.5 Å². The summed E-state index contributed by atoms with van der Waals surface area (Å²) in [5.41, 5.74) is 6.39. The Morgan fingerprint density at radius 2 is 1.94 bits per heavy atom. The zero-order valence-corrected chi connectivity index (χ0v) is 10.6. The fourth-order valence-corrected chi connectivity index (χ4v) is 1.96. The molecule has 0 heterocycles. The first-order valence-corrected chi connectivity index (χ1v) is 6.23. The molecular weight excluding hydrogens is 220 g/mol. The van der Waals surface area contributed by atoms with Crippen LogP contribution in [0.5, 0.6) is 0 Å². The normalized spacial score (nSPS) is 14.6. The molecule has 1 nitrogen and oxygen atoms in total. The number of rotatable bonds is 6. The summed E-state index contributed by atoms with van der Waals surface area (Å²) in [6.07, 6.45) is 4.24. The van der Waals surface area contributed by atoms with Crippen LogP contribution in [-0.4, -0.2) is 5.54 Å². The maximum absolute atomic E-state index is 13.5. The molecule has 3 heteroatoms. The minimum atomic E-state index is -0.543. The average molecular weight is 241 g/mol. The van der Waals surface area contributed by atoms with Crippen molar-refractivity contribution in [3.8, 4) is 0 Å². The Morgan fingerprint density at radius 1 is 1.24 bits per heavy atom. The van der Waals surface area contributed by atoms with E-state index in [0.29, 0.717) is 12.0 Å². The van der Waals surface area contributed by atoms with Gasteiger partial charge in [-0.25, -0.2) is 8.78 Å². The van der Waals surface area contributed by atoms with Gasteiger partial charge in [-0.2, -0.15) is 0 Å². The van der Waals surface area contributed by atoms with Crippen LogP contribution in [0.15, 0.2) is 18.2 Å². The largest absolute Gasteiger partial charge is 0.325 e. The van der Waals surface area contributed by atoms with Gasteiger partial charge < -0.3 is 5.73 Å². The van der Waals surface area contributed by atoms with Gasteiger partial charge in [0.25, 0.3) is 0 Å². The minimum Gasteiger partial charge on any atom is -0.325 e. The van der Waals surface area contributed by atoms with E-state index < -0.39 is 11.6 Å². The molecule has 0 radical (unpaired) electrons. The van der Waals surface area contributed by atoms with E-state index in [0.717, 1.165) is 31.7 Å². The van der Waals surface area contributed by atoms with Crippen molar-refractivity contribution < 1.29 is 8.78 Å². The molecule has 0 bridgehead atoms. The molecule has 0 aliphatic heterocycles. The molecule has 1 rings (SSSR count). The van der Waals surface area contributed by atoms with Gasteiger partial charge in [0.05, 0.1) is 0 Å². The maximum atomic E-state index is 13.5. The van der Waals surface area contributed by atoms with Gasteiger partial charge in [0.2, 0.25) is 0 Å². The number of nitrogens with two attached hydrogens (primary N) is 1. The van der Waals surface area contributed by atoms with Crippen LogP contribution in [0, 0.1) is 11.6 Å². The first-order valence-electron chi connectivity index (χ1n) is 6.23. The third-order valence-electron chi connectivity index (χ3n) is 3.29. The lowest BCUT2D eigenvalue weighted by Gasteiger charge is -2.28. The molecule has 1 aromatic carbocycles. The van der Waals surface area contributed by atoms with Crippen LogP contribution in [0.3, 0.4) is 0 Å². The molecule has 0 saturated carbocycles. The summed E-state index contributed by atoms with van der Waals surface area (Å²) >= 11 is 0. The zero-order valence-electron chi connectivity index (χ0n) is 10.6. The molecule has 0 amide bonds. The number of benzene rings is 1. The van der Waals surface area contributed by atoms with Crippen molar-refractivity contribution in [3.05, 3.63) is 35.4 Å². The van der Waals surface area contributed by atoms with E-state index in [4.69, 9.17) is 5.73 Å². The second-order valence-electron chi connectivity index (χ2n) is 4.73. The predicted octanol–water partition coefficient (Wildman–Crippen LogP) is 3.81. The lowest BCUT2D eigenvalue weighted by Crippen LogP contribution is -2.41. The van der Waals surface area contributed by atoms with Crippen LogP contribution in [0.25, 0.3) is 0 Å². The van der Waals surface area contributed by atoms with Crippen molar-refractivity contribution in [2.75, 3.05) is 0 Å². The molecule has 96 valence electrons. The van der Waals surface area contributed by atoms with Gasteiger partial charge in [-0.05, 0) is 30.9 Å². The number of halogens is 2. The van der Waals surface area contributed by atoms with E-state index in [1.54, 1.807) is 0 Å². The summed E-state index contributed by atoms with van der Waals surface area (Å²) in [4.78, 5) is 0. The quantitative estimate of drug-likeness (QED) is 0.805. The van der Waals surface area contributed by atoms with Gasteiger partial charge in [-0.15, -0.1) is 0 Å². The molecule has 1 atom stereocenters. The van der Waals surface area contributed by atoms with Gasteiger partial charge in [0, 0.05) is 11.6 Å². The Bertz CT molecular complexity index is 365. The van der Waals surface area contributed by atoms with Gasteiger partial charge in [0.15, 0.2) is 0 Å². The van der Waals surface area contributed by atoms with Gasteiger partial charge >= 0.3 is 0 Å². The molecule has 0 aliphatic rings. The molecule has 0 aliphatic carbocycles. The SMILES string of the molecule is CCCCC(N)(CC)Cc1ccc(F)cc1F. The highest BCUT2D eigenvalue weighted by Gasteiger charge is 2.23. The molecule has 1 unspecified atom stereocenters. The Balaban J connectivity index is 2.79. The van der Waals surface area contributed by atoms with E-state index in [1.165, 1.54) is 12.1 Å². The fraction of sp³-hybridized carbons (Fsp3) is 0.571. The van der Waals surface area contributed by atoms with E-state index in [-0.39, 0.29) is 5.54 Å². The van der Waals surface area contributed by atoms with Crippen LogP contribution < -0.4 is 5.73 Å². The molecule has 17 heavy (non-hydrogen) atoms. The molecule has 0 spiro atoms. The van der Waals surface area contributed by atoms with Crippen LogP contribution in [0.2, 0.25) is 0 Å². The molecule has 0 saturated heterocycles. The third kappa shape index (κ3) is 4.08. The van der Waals surface area contributed by atoms with E-state index >= 15 is 0 Å². The third-order valence-corrected chi connectivity index (χ3v) is 3.29. The van der Waals surface area contributed by atoms with Crippen LogP contribution in [-0.2, 0) is 6.42 Å². The van der Waals surface area contributed by atoms with E-state index in [1.807, 2.05) is 6.92 Å². The van der Waals surface area contributed by atoms with Crippen molar-refractivity contribution in [1.29, 1.82) is 0 Å². The van der Waals surface area contributed by atoms with Crippen LogP contribution in [0.4, 0.5) is 8.78 Å². The maximum Gasteiger partial charge on any atom is 0.129 e. The van der Waals surface area contributed by atoms with Crippen LogP contribution in [0.1, 0.15) is 45.1 Å². The Hall–Kier alpha value is -0.960. The highest BCUT2D eigenvalue weighted by molar-refractivity contribution is 5.21. The highest BCUT2D eigenvalue weighted by Crippen LogP contribution is 2.23. The monoisotopic (exact) mass is 241 g/mol. The number of hydrogen-bond acceptors (Lipinski definition) is 1. The first kappa shape index (κ1) is 14.1. The second kappa shape index (κ2) is 6.10. The Labute approximate surface area is 102 Å². The second-order valence-corrected chi connectivity index (χ2v) is 4.73. The van der Waals surface area contributed by atoms with Crippen molar-refractivity contribution in [3.63, 3.8) is 0 Å². The number of hydrogen-bond donors (Lipinski definition) is 1. The smallest absolute Gasteiger partial charge is 0.129 e. The van der Waals surface area contributed by atoms with E-state index in [9.17, 15) is 8.78 Å². The molecule has 1 aromatic rings. The molecular formula is C14H21F2N. The lowest BCUT2D eigenvalue weighted by atomic mass is 9.84. The predicted molar refractivity (Wildman–Crippen MR) is 66.8 cm³/mol. The lowest BCUT2D eigenvalue weighted by molar-refractivity contribution is 0.359. The fourth-order valence-electron chi connectivity index (χ4n) is 1.96. The topological polar surface area (TPSA) is 26.0 Å². The average Bonchev–Trinajstić information content (AvgIpc) is 2.30. The zero-order chi connectivity index (χ0) is 12.9. The Morgan fingerprint density at radius 3 is 2.47 bits per heavy atom. The van der Waals surface area contributed by atoms with E-state index in [2.05, 4.69) is 6.92 Å². The van der Waals surface area contributed by atoms with Crippen molar-refractivity contribution >= 4 is 0 Å². The molecule has 0 fully saturated rings. The van der Waals surface area contributed by atoms with Gasteiger partial charge in [-0.1, -0.05) is 32.8 Å². The van der Waals surface area contributed by atoms with Gasteiger partial charge in [-0.3, -0.25) is 0 Å². The molecule has 2 N–H and O–H groups in total. The Kier molecular flexibility index (Phi) is 5.06. The summed E-state index contributed by atoms with van der Waals surface area (Å²) in [5.74, 6) is -1.04. The number of unbranched alkanes of at least 4 members (excludes halogenated alkanes) is 1. The molecule has 0 aromatic heterocycles. The summed E-state index contributed by atoms with van der Waals surface area (Å²) < 4.78 is 26.3.